The molecule has 0 bridgehead atoms. The zero-order valence-electron chi connectivity index (χ0n) is 18.3. The van der Waals surface area contributed by atoms with Gasteiger partial charge >= 0.3 is 10.1 Å². The Morgan fingerprint density at radius 3 is 2.47 bits per heavy atom. The van der Waals surface area contributed by atoms with Crippen molar-refractivity contribution >= 4 is 45.0 Å². The Bertz CT molecular complexity index is 1250. The van der Waals surface area contributed by atoms with Crippen LogP contribution < -0.4 is 4.18 Å². The number of nitrogens with zero attached hydrogens (tertiary/aromatic N) is 2. The average Bonchev–Trinajstić information content (AvgIpc) is 3.08. The van der Waals surface area contributed by atoms with Crippen molar-refractivity contribution in [1.29, 1.82) is 0 Å². The lowest BCUT2D eigenvalue weighted by Crippen LogP contribution is -2.46. The third-order valence-electron chi connectivity index (χ3n) is 5.25. The van der Waals surface area contributed by atoms with Gasteiger partial charge < -0.3 is 13.8 Å². The molecule has 2 aromatic carbocycles. The van der Waals surface area contributed by atoms with E-state index in [0.29, 0.717) is 43.6 Å². The minimum atomic E-state index is -4.11. The van der Waals surface area contributed by atoms with Gasteiger partial charge in [0, 0.05) is 18.7 Å². The van der Waals surface area contributed by atoms with Gasteiger partial charge in [-0.2, -0.15) is 8.42 Å². The van der Waals surface area contributed by atoms with Crippen molar-refractivity contribution in [2.75, 3.05) is 32.8 Å². The SMILES string of the molecule is Cc1ccc(S(=O)(=O)Oc2ccccc2/C=C2\SC(=O)N(CC(=O)N3CCOCC3)C2=O)cc1. The monoisotopic (exact) mass is 502 g/mol. The number of rotatable bonds is 6. The highest BCUT2D eigenvalue weighted by Gasteiger charge is 2.37. The number of imide groups is 1. The highest BCUT2D eigenvalue weighted by molar-refractivity contribution is 8.18. The van der Waals surface area contributed by atoms with Gasteiger partial charge in [0.15, 0.2) is 0 Å². The van der Waals surface area contributed by atoms with Crippen LogP contribution >= 0.6 is 11.8 Å². The van der Waals surface area contributed by atoms with Crippen LogP contribution in [0.15, 0.2) is 58.3 Å². The van der Waals surface area contributed by atoms with Gasteiger partial charge in [-0.15, -0.1) is 0 Å². The Kier molecular flexibility index (Phi) is 7.05. The minimum absolute atomic E-state index is 0.00477. The summed E-state index contributed by atoms with van der Waals surface area (Å²) in [6.07, 6.45) is 1.39. The van der Waals surface area contributed by atoms with E-state index in [1.807, 2.05) is 6.92 Å². The zero-order valence-corrected chi connectivity index (χ0v) is 19.9. The molecule has 3 amide bonds. The molecule has 2 aromatic rings. The van der Waals surface area contributed by atoms with Gasteiger partial charge in [-0.1, -0.05) is 35.9 Å². The molecule has 0 aliphatic carbocycles. The fourth-order valence-electron chi connectivity index (χ4n) is 3.37. The molecule has 34 heavy (non-hydrogen) atoms. The van der Waals surface area contributed by atoms with Crippen molar-refractivity contribution in [3.8, 4) is 5.75 Å². The van der Waals surface area contributed by atoms with E-state index in [-0.39, 0.29) is 28.0 Å². The normalized spacial score (nSPS) is 18.0. The first-order valence-electron chi connectivity index (χ1n) is 10.5. The summed E-state index contributed by atoms with van der Waals surface area (Å²) in [7, 11) is -4.11. The van der Waals surface area contributed by atoms with Gasteiger partial charge in [-0.3, -0.25) is 19.3 Å². The average molecular weight is 503 g/mol. The first-order valence-corrected chi connectivity index (χ1v) is 12.7. The molecule has 9 nitrogen and oxygen atoms in total. The molecule has 2 heterocycles. The van der Waals surface area contributed by atoms with Gasteiger partial charge in [0.25, 0.3) is 11.1 Å². The Hall–Kier alpha value is -3.15. The maximum atomic E-state index is 12.8. The molecule has 2 fully saturated rings. The molecule has 2 saturated heterocycles. The van der Waals surface area contributed by atoms with Crippen molar-refractivity contribution in [2.24, 2.45) is 0 Å². The highest BCUT2D eigenvalue weighted by Crippen LogP contribution is 2.34. The molecule has 0 atom stereocenters. The topological polar surface area (TPSA) is 110 Å². The summed E-state index contributed by atoms with van der Waals surface area (Å²) in [5.41, 5.74) is 1.21. The molecule has 0 spiro atoms. The molecule has 0 saturated carbocycles. The van der Waals surface area contributed by atoms with Gasteiger partial charge in [0.1, 0.15) is 17.2 Å². The predicted molar refractivity (Wildman–Crippen MR) is 126 cm³/mol. The lowest BCUT2D eigenvalue weighted by molar-refractivity contribution is -0.139. The molecule has 2 aliphatic rings. The second-order valence-corrected chi connectivity index (χ2v) is 10.2. The highest BCUT2D eigenvalue weighted by atomic mass is 32.2. The number of carbonyl (C=O) groups is 3. The largest absolute Gasteiger partial charge is 0.378 e. The number of benzene rings is 2. The maximum absolute atomic E-state index is 12.8. The van der Waals surface area contributed by atoms with Crippen LogP contribution in [0.2, 0.25) is 0 Å². The number of carbonyl (C=O) groups excluding carboxylic acids is 3. The smallest absolute Gasteiger partial charge is 0.339 e. The van der Waals surface area contributed by atoms with Crippen LogP contribution in [0.25, 0.3) is 6.08 Å². The molecule has 11 heteroatoms. The molecule has 2 aliphatic heterocycles. The molecule has 0 unspecified atom stereocenters. The van der Waals surface area contributed by atoms with E-state index >= 15 is 0 Å². The lowest BCUT2D eigenvalue weighted by Gasteiger charge is -2.28. The lowest BCUT2D eigenvalue weighted by atomic mass is 10.2. The van der Waals surface area contributed by atoms with Crippen LogP contribution in [-0.2, 0) is 24.4 Å². The first kappa shape index (κ1) is 24.0. The number of thioether (sulfide) groups is 1. The summed E-state index contributed by atoms with van der Waals surface area (Å²) in [6.45, 7) is 3.12. The van der Waals surface area contributed by atoms with Crippen LogP contribution in [0, 0.1) is 6.92 Å². The van der Waals surface area contributed by atoms with Crippen molar-refractivity contribution in [1.82, 2.24) is 9.80 Å². The summed E-state index contributed by atoms with van der Waals surface area (Å²) < 4.78 is 36.0. The quantitative estimate of drug-likeness (QED) is 0.438. The van der Waals surface area contributed by atoms with Crippen molar-refractivity contribution in [3.63, 3.8) is 0 Å². The zero-order chi connectivity index (χ0) is 24.3. The standard InChI is InChI=1S/C23H22N2O7S2/c1-16-6-8-18(9-7-16)34(29,30)32-19-5-3-2-4-17(19)14-20-22(27)25(23(28)33-20)15-21(26)24-10-12-31-13-11-24/h2-9,14H,10-13,15H2,1H3/b20-14-. The van der Waals surface area contributed by atoms with E-state index in [9.17, 15) is 22.8 Å². The summed E-state index contributed by atoms with van der Waals surface area (Å²) >= 11 is 0.688. The molecule has 0 N–H and O–H groups in total. The van der Waals surface area contributed by atoms with E-state index in [1.165, 1.54) is 24.3 Å². The van der Waals surface area contributed by atoms with E-state index in [4.69, 9.17) is 8.92 Å². The number of morpholine rings is 1. The molecule has 0 radical (unpaired) electrons. The fourth-order valence-corrected chi connectivity index (χ4v) is 5.16. The number of hydrogen-bond acceptors (Lipinski definition) is 8. The molecular weight excluding hydrogens is 480 g/mol. The second kappa shape index (κ2) is 10.00. The Morgan fingerprint density at radius 2 is 1.76 bits per heavy atom. The first-order chi connectivity index (χ1) is 16.2. The van der Waals surface area contributed by atoms with Crippen LogP contribution in [0.3, 0.4) is 0 Å². The van der Waals surface area contributed by atoms with Crippen LogP contribution in [0.1, 0.15) is 11.1 Å². The van der Waals surface area contributed by atoms with Gasteiger partial charge in [0.05, 0.1) is 18.1 Å². The number of para-hydroxylation sites is 1. The van der Waals surface area contributed by atoms with Crippen LogP contribution in [0.5, 0.6) is 5.75 Å². The fraction of sp³-hybridized carbons (Fsp3) is 0.261. The maximum Gasteiger partial charge on any atom is 0.339 e. The summed E-state index contributed by atoms with van der Waals surface area (Å²) in [6, 6.07) is 12.5. The predicted octanol–water partition coefficient (Wildman–Crippen LogP) is 2.66. The second-order valence-electron chi connectivity index (χ2n) is 7.65. The summed E-state index contributed by atoms with van der Waals surface area (Å²) in [4.78, 5) is 40.3. The van der Waals surface area contributed by atoms with Gasteiger partial charge in [-0.25, -0.2) is 0 Å². The Balaban J connectivity index is 1.53. The number of amides is 3. The summed E-state index contributed by atoms with van der Waals surface area (Å²) in [5.74, 6) is -0.938. The molecule has 4 rings (SSSR count). The van der Waals surface area contributed by atoms with Gasteiger partial charge in [-0.05, 0) is 43.0 Å². The third kappa shape index (κ3) is 5.32. The Labute approximate surface area is 201 Å². The number of hydrogen-bond donors (Lipinski definition) is 0. The van der Waals surface area contributed by atoms with Crippen molar-refractivity contribution in [3.05, 3.63) is 64.6 Å². The Morgan fingerprint density at radius 1 is 1.09 bits per heavy atom. The van der Waals surface area contributed by atoms with Crippen molar-refractivity contribution in [2.45, 2.75) is 11.8 Å². The summed E-state index contributed by atoms with van der Waals surface area (Å²) in [5, 5.41) is -0.566. The third-order valence-corrected chi connectivity index (χ3v) is 7.40. The van der Waals surface area contributed by atoms with E-state index in [0.717, 1.165) is 10.5 Å². The van der Waals surface area contributed by atoms with E-state index in [1.54, 1.807) is 35.2 Å². The molecule has 0 aromatic heterocycles. The van der Waals surface area contributed by atoms with Crippen LogP contribution in [-0.4, -0.2) is 68.1 Å². The van der Waals surface area contributed by atoms with Crippen molar-refractivity contribution < 1.29 is 31.7 Å². The minimum Gasteiger partial charge on any atom is -0.378 e. The van der Waals surface area contributed by atoms with E-state index in [2.05, 4.69) is 0 Å². The molecule has 178 valence electrons. The van der Waals surface area contributed by atoms with Gasteiger partial charge in [0.2, 0.25) is 5.91 Å². The number of ether oxygens (including phenoxy) is 1. The molecular formula is C23H22N2O7S2. The van der Waals surface area contributed by atoms with Crippen LogP contribution in [0.4, 0.5) is 4.79 Å². The van der Waals surface area contributed by atoms with E-state index < -0.39 is 21.3 Å². The number of aryl methyl sites for hydroxylation is 1.